The van der Waals surface area contributed by atoms with Crippen LogP contribution in [-0.4, -0.2) is 37.6 Å². The van der Waals surface area contributed by atoms with E-state index in [1.54, 1.807) is 19.1 Å². The van der Waals surface area contributed by atoms with Crippen LogP contribution >= 0.6 is 11.8 Å². The van der Waals surface area contributed by atoms with Crippen LogP contribution in [0, 0.1) is 0 Å². The number of nitrogens with one attached hydrogen (secondary N) is 2. The van der Waals surface area contributed by atoms with Gasteiger partial charge in [0.15, 0.2) is 5.76 Å². The molecule has 0 aliphatic heterocycles. The molecule has 3 amide bonds. The zero-order valence-corrected chi connectivity index (χ0v) is 14.7. The summed E-state index contributed by atoms with van der Waals surface area (Å²) in [5.41, 5.74) is -0.434. The van der Waals surface area contributed by atoms with E-state index in [9.17, 15) is 9.59 Å². The molecule has 0 bridgehead atoms. The molecule has 2 aromatic heterocycles. The van der Waals surface area contributed by atoms with Gasteiger partial charge in [0.1, 0.15) is 0 Å². The SMILES string of the molecule is CC(Sc1nnc(-c2ccco2)n1N)C(=O)NC(=O)NC(C)(C)C. The van der Waals surface area contributed by atoms with Crippen LogP contribution in [0.25, 0.3) is 11.6 Å². The Kier molecular flexibility index (Phi) is 5.17. The Labute approximate surface area is 143 Å². The van der Waals surface area contributed by atoms with Gasteiger partial charge in [-0.2, -0.15) is 0 Å². The first-order valence-electron chi connectivity index (χ1n) is 7.21. The maximum atomic E-state index is 12.1. The average Bonchev–Trinajstić information content (AvgIpc) is 3.07. The van der Waals surface area contributed by atoms with Crippen LogP contribution in [0.15, 0.2) is 28.0 Å². The van der Waals surface area contributed by atoms with Crippen molar-refractivity contribution >= 4 is 23.7 Å². The number of nitrogens with two attached hydrogens (primary N) is 1. The lowest BCUT2D eigenvalue weighted by Gasteiger charge is -2.21. The van der Waals surface area contributed by atoms with Gasteiger partial charge in [-0.3, -0.25) is 10.1 Å². The van der Waals surface area contributed by atoms with Crippen LogP contribution in [0.5, 0.6) is 0 Å². The first-order chi connectivity index (χ1) is 11.2. The molecule has 0 radical (unpaired) electrons. The van der Waals surface area contributed by atoms with Gasteiger partial charge in [-0.25, -0.2) is 9.47 Å². The van der Waals surface area contributed by atoms with E-state index in [2.05, 4.69) is 20.8 Å². The second-order valence-corrected chi connectivity index (χ2v) is 7.41. The second-order valence-electron chi connectivity index (χ2n) is 6.11. The highest BCUT2D eigenvalue weighted by molar-refractivity contribution is 8.00. The van der Waals surface area contributed by atoms with E-state index in [1.807, 2.05) is 20.8 Å². The highest BCUT2D eigenvalue weighted by Gasteiger charge is 2.23. The number of aromatic nitrogens is 3. The summed E-state index contributed by atoms with van der Waals surface area (Å²) in [5, 5.41) is 12.6. The van der Waals surface area contributed by atoms with E-state index >= 15 is 0 Å². The zero-order chi connectivity index (χ0) is 17.9. The predicted molar refractivity (Wildman–Crippen MR) is 89.6 cm³/mol. The third kappa shape index (κ3) is 4.51. The average molecular weight is 352 g/mol. The Morgan fingerprint density at radius 2 is 2.08 bits per heavy atom. The van der Waals surface area contributed by atoms with Gasteiger partial charge in [0.2, 0.25) is 16.9 Å². The van der Waals surface area contributed by atoms with Crippen molar-refractivity contribution in [2.24, 2.45) is 0 Å². The molecule has 2 heterocycles. The Hall–Kier alpha value is -2.49. The van der Waals surface area contributed by atoms with Crippen LogP contribution in [0.3, 0.4) is 0 Å². The third-order valence-corrected chi connectivity index (χ3v) is 3.84. The summed E-state index contributed by atoms with van der Waals surface area (Å²) in [7, 11) is 0. The van der Waals surface area contributed by atoms with Gasteiger partial charge in [0.05, 0.1) is 11.5 Å². The van der Waals surface area contributed by atoms with Crippen molar-refractivity contribution in [2.75, 3.05) is 5.84 Å². The van der Waals surface area contributed by atoms with Crippen molar-refractivity contribution in [1.29, 1.82) is 0 Å². The molecular formula is C14H20N6O3S. The quantitative estimate of drug-likeness (QED) is 0.560. The van der Waals surface area contributed by atoms with Gasteiger partial charge in [-0.05, 0) is 39.8 Å². The summed E-state index contributed by atoms with van der Waals surface area (Å²) in [6.07, 6.45) is 1.50. The Morgan fingerprint density at radius 1 is 1.38 bits per heavy atom. The molecule has 10 heteroatoms. The Balaban J connectivity index is 1.98. The molecule has 2 rings (SSSR count). The molecule has 0 aliphatic rings. The molecule has 0 spiro atoms. The molecule has 130 valence electrons. The molecule has 24 heavy (non-hydrogen) atoms. The van der Waals surface area contributed by atoms with E-state index < -0.39 is 22.7 Å². The highest BCUT2D eigenvalue weighted by atomic mass is 32.2. The van der Waals surface area contributed by atoms with Crippen molar-refractivity contribution in [3.8, 4) is 11.6 Å². The van der Waals surface area contributed by atoms with Crippen molar-refractivity contribution in [1.82, 2.24) is 25.5 Å². The molecule has 1 unspecified atom stereocenters. The monoisotopic (exact) mass is 352 g/mol. The first kappa shape index (κ1) is 17.9. The summed E-state index contributed by atoms with van der Waals surface area (Å²) in [6, 6.07) is 2.86. The minimum Gasteiger partial charge on any atom is -0.461 e. The molecule has 0 aromatic carbocycles. The third-order valence-electron chi connectivity index (χ3n) is 2.78. The van der Waals surface area contributed by atoms with Gasteiger partial charge >= 0.3 is 6.03 Å². The van der Waals surface area contributed by atoms with Gasteiger partial charge in [0, 0.05) is 5.54 Å². The highest BCUT2D eigenvalue weighted by Crippen LogP contribution is 2.24. The number of amides is 3. The number of thioether (sulfide) groups is 1. The summed E-state index contributed by atoms with van der Waals surface area (Å²) in [5.74, 6) is 6.29. The normalized spacial score (nSPS) is 12.7. The molecular weight excluding hydrogens is 332 g/mol. The number of carbonyl (C=O) groups is 2. The molecule has 0 aliphatic carbocycles. The maximum absolute atomic E-state index is 12.1. The van der Waals surface area contributed by atoms with Crippen molar-refractivity contribution in [3.63, 3.8) is 0 Å². The Bertz CT molecular complexity index is 719. The van der Waals surface area contributed by atoms with E-state index in [4.69, 9.17) is 10.3 Å². The number of carbonyl (C=O) groups excluding carboxylic acids is 2. The maximum Gasteiger partial charge on any atom is 0.321 e. The molecule has 4 N–H and O–H groups in total. The van der Waals surface area contributed by atoms with Crippen LogP contribution in [0.2, 0.25) is 0 Å². The van der Waals surface area contributed by atoms with Crippen LogP contribution in [0.4, 0.5) is 4.79 Å². The van der Waals surface area contributed by atoms with E-state index in [0.29, 0.717) is 16.7 Å². The van der Waals surface area contributed by atoms with Crippen molar-refractivity contribution in [2.45, 2.75) is 43.6 Å². The van der Waals surface area contributed by atoms with Crippen LogP contribution in [0.1, 0.15) is 27.7 Å². The van der Waals surface area contributed by atoms with Crippen molar-refractivity contribution in [3.05, 3.63) is 18.4 Å². The molecule has 0 saturated carbocycles. The number of rotatable bonds is 4. The largest absolute Gasteiger partial charge is 0.461 e. The fraction of sp³-hybridized carbons (Fsp3) is 0.429. The van der Waals surface area contributed by atoms with Gasteiger partial charge in [-0.1, -0.05) is 11.8 Å². The fourth-order valence-electron chi connectivity index (χ4n) is 1.73. The number of nitrogen functional groups attached to an aromatic ring is 1. The molecule has 0 saturated heterocycles. The first-order valence-corrected chi connectivity index (χ1v) is 8.09. The molecule has 2 aromatic rings. The summed E-state index contributed by atoms with van der Waals surface area (Å²) in [4.78, 5) is 23.8. The summed E-state index contributed by atoms with van der Waals surface area (Å²) < 4.78 is 6.46. The number of furan rings is 1. The lowest BCUT2D eigenvalue weighted by Crippen LogP contribution is -2.49. The minimum atomic E-state index is -0.591. The zero-order valence-electron chi connectivity index (χ0n) is 13.9. The molecule has 9 nitrogen and oxygen atoms in total. The topological polar surface area (TPSA) is 128 Å². The molecule has 0 fully saturated rings. The van der Waals surface area contributed by atoms with Crippen LogP contribution < -0.4 is 16.5 Å². The summed E-state index contributed by atoms with van der Waals surface area (Å²) in [6.45, 7) is 7.11. The van der Waals surface area contributed by atoms with Crippen molar-refractivity contribution < 1.29 is 14.0 Å². The number of imide groups is 1. The van der Waals surface area contributed by atoms with E-state index in [0.717, 1.165) is 11.8 Å². The molecule has 1 atom stereocenters. The minimum absolute atomic E-state index is 0.334. The smallest absolute Gasteiger partial charge is 0.321 e. The van der Waals surface area contributed by atoms with Gasteiger partial charge in [-0.15, -0.1) is 10.2 Å². The number of hydrogen-bond donors (Lipinski definition) is 3. The van der Waals surface area contributed by atoms with E-state index in [-0.39, 0.29) is 0 Å². The standard InChI is InChI=1S/C14H20N6O3S/c1-8(11(21)16-12(22)17-14(2,3)4)24-13-19-18-10(20(13)15)9-6-5-7-23-9/h5-8H,15H2,1-4H3,(H2,16,17,21,22). The summed E-state index contributed by atoms with van der Waals surface area (Å²) >= 11 is 1.09. The number of nitrogens with zero attached hydrogens (tertiary/aromatic N) is 3. The lowest BCUT2D eigenvalue weighted by molar-refractivity contribution is -0.119. The second kappa shape index (κ2) is 6.95. The predicted octanol–water partition coefficient (Wildman–Crippen LogP) is 1.36. The van der Waals surface area contributed by atoms with E-state index in [1.165, 1.54) is 10.9 Å². The fourth-order valence-corrected chi connectivity index (χ4v) is 2.50. The number of hydrogen-bond acceptors (Lipinski definition) is 7. The van der Waals surface area contributed by atoms with Gasteiger partial charge < -0.3 is 15.6 Å². The Morgan fingerprint density at radius 3 is 2.67 bits per heavy atom. The lowest BCUT2D eigenvalue weighted by atomic mass is 10.1. The van der Waals surface area contributed by atoms with Crippen LogP contribution in [-0.2, 0) is 4.79 Å². The number of urea groups is 1. The van der Waals surface area contributed by atoms with Gasteiger partial charge in [0.25, 0.3) is 0 Å².